The second-order valence-electron chi connectivity index (χ2n) is 5.27. The maximum atomic E-state index is 6.28. The van der Waals surface area contributed by atoms with Crippen LogP contribution < -0.4 is 4.90 Å². The van der Waals surface area contributed by atoms with Gasteiger partial charge in [0, 0.05) is 32.2 Å². The molecule has 1 aliphatic rings. The van der Waals surface area contributed by atoms with Gasteiger partial charge in [-0.3, -0.25) is 4.90 Å². The van der Waals surface area contributed by atoms with Gasteiger partial charge in [0.25, 0.3) is 0 Å². The SMILES string of the molecule is Cc1cc(CN2CCN(c3cccc(Cl)c3Cl)CC2)on1. The van der Waals surface area contributed by atoms with Crippen molar-refractivity contribution in [2.24, 2.45) is 0 Å². The van der Waals surface area contributed by atoms with E-state index >= 15 is 0 Å². The number of anilines is 1. The first-order chi connectivity index (χ1) is 10.1. The average Bonchev–Trinajstić information content (AvgIpc) is 2.88. The number of nitrogens with zero attached hydrogens (tertiary/aromatic N) is 3. The van der Waals surface area contributed by atoms with Crippen LogP contribution in [0, 0.1) is 6.92 Å². The molecule has 1 aliphatic heterocycles. The van der Waals surface area contributed by atoms with E-state index in [-0.39, 0.29) is 0 Å². The van der Waals surface area contributed by atoms with Crippen molar-refractivity contribution in [1.29, 1.82) is 0 Å². The first-order valence-electron chi connectivity index (χ1n) is 6.97. The summed E-state index contributed by atoms with van der Waals surface area (Å²) in [6.45, 7) is 6.51. The molecule has 0 atom stereocenters. The Labute approximate surface area is 134 Å². The maximum absolute atomic E-state index is 6.28. The zero-order valence-corrected chi connectivity index (χ0v) is 13.4. The molecule has 2 heterocycles. The summed E-state index contributed by atoms with van der Waals surface area (Å²) in [6.07, 6.45) is 0. The normalized spacial score (nSPS) is 16.4. The number of hydrogen-bond donors (Lipinski definition) is 0. The van der Waals surface area contributed by atoms with Crippen LogP contribution >= 0.6 is 23.2 Å². The molecule has 0 unspecified atom stereocenters. The molecule has 0 radical (unpaired) electrons. The lowest BCUT2D eigenvalue weighted by atomic mass is 10.2. The van der Waals surface area contributed by atoms with Gasteiger partial charge in [-0.05, 0) is 19.1 Å². The Kier molecular flexibility index (Phi) is 4.38. The van der Waals surface area contributed by atoms with Gasteiger partial charge < -0.3 is 9.42 Å². The highest BCUT2D eigenvalue weighted by molar-refractivity contribution is 6.43. The van der Waals surface area contributed by atoms with Crippen molar-refractivity contribution in [3.63, 3.8) is 0 Å². The minimum atomic E-state index is 0.605. The Balaban J connectivity index is 1.61. The summed E-state index contributed by atoms with van der Waals surface area (Å²) in [5.41, 5.74) is 1.94. The lowest BCUT2D eigenvalue weighted by Crippen LogP contribution is -2.46. The molecule has 0 N–H and O–H groups in total. The van der Waals surface area contributed by atoms with Crippen LogP contribution in [0.1, 0.15) is 11.5 Å². The van der Waals surface area contributed by atoms with Crippen LogP contribution in [0.15, 0.2) is 28.8 Å². The van der Waals surface area contributed by atoms with Gasteiger partial charge in [-0.25, -0.2) is 0 Å². The van der Waals surface area contributed by atoms with Crippen LogP contribution in [-0.4, -0.2) is 36.2 Å². The van der Waals surface area contributed by atoms with E-state index in [1.54, 1.807) is 0 Å². The predicted octanol–water partition coefficient (Wildman–Crippen LogP) is 3.61. The van der Waals surface area contributed by atoms with Gasteiger partial charge in [0.05, 0.1) is 28.0 Å². The summed E-state index contributed by atoms with van der Waals surface area (Å²) in [7, 11) is 0. The van der Waals surface area contributed by atoms with E-state index in [0.29, 0.717) is 10.0 Å². The molecule has 0 aliphatic carbocycles. The fourth-order valence-electron chi connectivity index (χ4n) is 2.59. The molecule has 0 saturated carbocycles. The van der Waals surface area contributed by atoms with Crippen LogP contribution in [0.2, 0.25) is 10.0 Å². The molecule has 1 saturated heterocycles. The third kappa shape index (κ3) is 3.34. The number of hydrogen-bond acceptors (Lipinski definition) is 4. The van der Waals surface area contributed by atoms with Crippen molar-refractivity contribution in [1.82, 2.24) is 10.1 Å². The molecule has 0 amide bonds. The predicted molar refractivity (Wildman–Crippen MR) is 85.2 cm³/mol. The highest BCUT2D eigenvalue weighted by Gasteiger charge is 2.20. The largest absolute Gasteiger partial charge is 0.368 e. The Morgan fingerprint density at radius 1 is 1.19 bits per heavy atom. The van der Waals surface area contributed by atoms with Gasteiger partial charge in [-0.2, -0.15) is 0 Å². The van der Waals surface area contributed by atoms with E-state index in [0.717, 1.165) is 49.9 Å². The number of halogens is 2. The molecule has 1 fully saturated rings. The highest BCUT2D eigenvalue weighted by Crippen LogP contribution is 2.32. The minimum Gasteiger partial charge on any atom is -0.368 e. The van der Waals surface area contributed by atoms with Crippen LogP contribution in [0.3, 0.4) is 0 Å². The Hall–Kier alpha value is -1.23. The van der Waals surface area contributed by atoms with Gasteiger partial charge in [-0.1, -0.05) is 34.4 Å². The quantitative estimate of drug-likeness (QED) is 0.862. The van der Waals surface area contributed by atoms with Crippen molar-refractivity contribution in [2.45, 2.75) is 13.5 Å². The highest BCUT2D eigenvalue weighted by atomic mass is 35.5. The lowest BCUT2D eigenvalue weighted by Gasteiger charge is -2.36. The molecule has 1 aromatic carbocycles. The van der Waals surface area contributed by atoms with E-state index in [2.05, 4.69) is 15.0 Å². The zero-order chi connectivity index (χ0) is 14.8. The lowest BCUT2D eigenvalue weighted by molar-refractivity contribution is 0.219. The number of piperazine rings is 1. The van der Waals surface area contributed by atoms with Crippen LogP contribution in [0.5, 0.6) is 0 Å². The molecule has 112 valence electrons. The minimum absolute atomic E-state index is 0.605. The summed E-state index contributed by atoms with van der Waals surface area (Å²) in [4.78, 5) is 4.63. The Morgan fingerprint density at radius 2 is 1.95 bits per heavy atom. The second kappa shape index (κ2) is 6.26. The van der Waals surface area contributed by atoms with E-state index in [4.69, 9.17) is 27.7 Å². The molecule has 3 rings (SSSR count). The van der Waals surface area contributed by atoms with Crippen molar-refractivity contribution in [2.75, 3.05) is 31.1 Å². The third-order valence-corrected chi connectivity index (χ3v) is 4.51. The number of aryl methyl sites for hydroxylation is 1. The zero-order valence-electron chi connectivity index (χ0n) is 11.9. The monoisotopic (exact) mass is 325 g/mol. The van der Waals surface area contributed by atoms with Crippen molar-refractivity contribution in [3.05, 3.63) is 45.8 Å². The first-order valence-corrected chi connectivity index (χ1v) is 7.72. The van der Waals surface area contributed by atoms with Crippen molar-refractivity contribution < 1.29 is 4.52 Å². The van der Waals surface area contributed by atoms with Gasteiger partial charge in [0.1, 0.15) is 0 Å². The fraction of sp³-hybridized carbons (Fsp3) is 0.400. The molecule has 0 bridgehead atoms. The van der Waals surface area contributed by atoms with Gasteiger partial charge >= 0.3 is 0 Å². The van der Waals surface area contributed by atoms with Gasteiger partial charge in [0.2, 0.25) is 0 Å². The molecule has 0 spiro atoms. The third-order valence-electron chi connectivity index (χ3n) is 3.70. The molecule has 6 heteroatoms. The van der Waals surface area contributed by atoms with Crippen LogP contribution in [0.25, 0.3) is 0 Å². The van der Waals surface area contributed by atoms with Gasteiger partial charge in [-0.15, -0.1) is 0 Å². The molecule has 4 nitrogen and oxygen atoms in total. The summed E-state index contributed by atoms with van der Waals surface area (Å²) in [5, 5.41) is 5.16. The topological polar surface area (TPSA) is 32.5 Å². The summed E-state index contributed by atoms with van der Waals surface area (Å²) >= 11 is 12.4. The molecular formula is C15H17Cl2N3O. The maximum Gasteiger partial charge on any atom is 0.150 e. The summed E-state index contributed by atoms with van der Waals surface area (Å²) < 4.78 is 5.27. The van der Waals surface area contributed by atoms with Crippen LogP contribution in [-0.2, 0) is 6.54 Å². The van der Waals surface area contributed by atoms with Crippen molar-refractivity contribution in [3.8, 4) is 0 Å². The van der Waals surface area contributed by atoms with Gasteiger partial charge in [0.15, 0.2) is 5.76 Å². The van der Waals surface area contributed by atoms with E-state index in [1.807, 2.05) is 31.2 Å². The van der Waals surface area contributed by atoms with E-state index in [1.165, 1.54) is 0 Å². The van der Waals surface area contributed by atoms with E-state index < -0.39 is 0 Å². The molecule has 21 heavy (non-hydrogen) atoms. The average molecular weight is 326 g/mol. The molecular weight excluding hydrogens is 309 g/mol. The Bertz CT molecular complexity index is 621. The van der Waals surface area contributed by atoms with Crippen LogP contribution in [0.4, 0.5) is 5.69 Å². The second-order valence-corrected chi connectivity index (χ2v) is 6.06. The van der Waals surface area contributed by atoms with E-state index in [9.17, 15) is 0 Å². The first kappa shape index (κ1) is 14.7. The number of aromatic nitrogens is 1. The summed E-state index contributed by atoms with van der Waals surface area (Å²) in [6, 6.07) is 7.76. The summed E-state index contributed by atoms with van der Waals surface area (Å²) in [5.74, 6) is 0.918. The molecule has 2 aromatic rings. The number of rotatable bonds is 3. The number of benzene rings is 1. The standard InChI is InChI=1S/C15H17Cl2N3O/c1-11-9-12(21-18-11)10-19-5-7-20(8-6-19)14-4-2-3-13(16)15(14)17/h2-4,9H,5-8,10H2,1H3. The van der Waals surface area contributed by atoms with Crippen molar-refractivity contribution >= 4 is 28.9 Å². The fourth-order valence-corrected chi connectivity index (χ4v) is 3.01. The smallest absolute Gasteiger partial charge is 0.150 e. The molecule has 1 aromatic heterocycles. The Morgan fingerprint density at radius 3 is 2.62 bits per heavy atom.